The van der Waals surface area contributed by atoms with Gasteiger partial charge in [0.1, 0.15) is 41.7 Å². The fraction of sp³-hybridized carbons (Fsp3) is 0.472. The van der Waals surface area contributed by atoms with Gasteiger partial charge >= 0.3 is 11.9 Å². The van der Waals surface area contributed by atoms with Gasteiger partial charge in [-0.2, -0.15) is 0 Å². The van der Waals surface area contributed by atoms with E-state index in [1.54, 1.807) is 37.6 Å². The lowest BCUT2D eigenvalue weighted by Crippen LogP contribution is -2.58. The van der Waals surface area contributed by atoms with Gasteiger partial charge in [-0.3, -0.25) is 38.3 Å². The summed E-state index contributed by atoms with van der Waals surface area (Å²) in [4.78, 5) is 91.4. The smallest absolute Gasteiger partial charge is 0.306 e. The average Bonchev–Trinajstić information content (AvgIpc) is 4.17. The summed E-state index contributed by atoms with van der Waals surface area (Å²) in [6.45, 7) is 14.1. The van der Waals surface area contributed by atoms with E-state index in [2.05, 4.69) is 45.0 Å². The standard InChI is InChI=1S/C53H64ClN9O11S2/c1-30-32(3)76-52-45(30)46(35-12-14-37(54)15-13-35)58-39(49-61-60-33(4)63(49)52)25-41(64)55-18-19-71-20-21-72-22-23-73-28-42(65)59-48(53(5,6)7)51(70)62-27-38(74-44(68)17-16-43(66)67)24-40(62)50(69)56-26-34-8-10-36(11-9-34)47-31(2)57-29-75-47/h8-15,29,38-40,48H,16-28H2,1-7H3,(H,55,64)(H,56,69)(H,59,65)(H,66,67)/t38-,39+,40+,48-/m1/s1. The lowest BCUT2D eigenvalue weighted by atomic mass is 9.85. The molecule has 4 N–H and O–H groups in total. The second-order valence-corrected chi connectivity index (χ2v) is 22.0. The molecule has 76 heavy (non-hydrogen) atoms. The highest BCUT2D eigenvalue weighted by atomic mass is 35.5. The molecule has 1 fully saturated rings. The second kappa shape index (κ2) is 26.1. The van der Waals surface area contributed by atoms with E-state index in [0.717, 1.165) is 54.0 Å². The number of nitrogens with one attached hydrogen (secondary N) is 3. The average molecular weight is 1100 g/mol. The lowest BCUT2D eigenvalue weighted by molar-refractivity contribution is -0.152. The number of esters is 1. The number of hydrogen-bond donors (Lipinski definition) is 4. The number of likely N-dealkylation sites (tertiary alicyclic amines) is 1. The number of thiazole rings is 1. The molecule has 0 radical (unpaired) electrons. The molecule has 7 rings (SSSR count). The molecule has 5 heterocycles. The Morgan fingerprint density at radius 3 is 2.21 bits per heavy atom. The topological polar surface area (TPSA) is 255 Å². The van der Waals surface area contributed by atoms with Crippen molar-refractivity contribution in [3.63, 3.8) is 0 Å². The van der Waals surface area contributed by atoms with Gasteiger partial charge in [0.2, 0.25) is 23.6 Å². The van der Waals surface area contributed by atoms with Crippen LogP contribution in [-0.2, 0) is 54.3 Å². The summed E-state index contributed by atoms with van der Waals surface area (Å²) in [6.07, 6.45) is -1.67. The largest absolute Gasteiger partial charge is 0.481 e. The molecule has 0 aliphatic carbocycles. The quantitative estimate of drug-likeness (QED) is 0.0408. The van der Waals surface area contributed by atoms with Gasteiger partial charge in [0, 0.05) is 40.5 Å². The minimum absolute atomic E-state index is 0.0253. The van der Waals surface area contributed by atoms with Crippen LogP contribution in [0.15, 0.2) is 59.0 Å². The van der Waals surface area contributed by atoms with Crippen LogP contribution < -0.4 is 16.0 Å². The molecule has 20 nitrogen and oxygen atoms in total. The zero-order valence-electron chi connectivity index (χ0n) is 43.6. The van der Waals surface area contributed by atoms with Crippen LogP contribution in [0.25, 0.3) is 15.4 Å². The van der Waals surface area contributed by atoms with Crippen molar-refractivity contribution in [2.45, 2.75) is 105 Å². The minimum atomic E-state index is -1.16. The summed E-state index contributed by atoms with van der Waals surface area (Å²) in [6, 6.07) is 12.4. The molecule has 23 heteroatoms. The first-order valence-corrected chi connectivity index (χ1v) is 27.0. The molecular formula is C53H64ClN9O11S2. The van der Waals surface area contributed by atoms with E-state index in [1.165, 1.54) is 16.2 Å². The van der Waals surface area contributed by atoms with E-state index in [0.29, 0.717) is 16.7 Å². The molecule has 0 saturated carbocycles. The van der Waals surface area contributed by atoms with Crippen LogP contribution in [0.4, 0.5) is 0 Å². The number of carbonyl (C=O) groups excluding carboxylic acids is 5. The van der Waals surface area contributed by atoms with Gasteiger partial charge in [0.15, 0.2) is 5.82 Å². The Kier molecular flexibility index (Phi) is 19.7. The molecule has 4 atom stereocenters. The summed E-state index contributed by atoms with van der Waals surface area (Å²) in [5.74, 6) is -2.47. The summed E-state index contributed by atoms with van der Waals surface area (Å²) in [5.41, 5.74) is 7.42. The zero-order valence-corrected chi connectivity index (χ0v) is 46.0. The Bertz CT molecular complexity index is 2910. The number of thiophene rings is 1. The van der Waals surface area contributed by atoms with E-state index in [9.17, 15) is 28.8 Å². The van der Waals surface area contributed by atoms with Crippen molar-refractivity contribution >= 4 is 75.6 Å². The number of carbonyl (C=O) groups is 6. The maximum Gasteiger partial charge on any atom is 0.306 e. The number of halogens is 1. The fourth-order valence-corrected chi connectivity index (χ4v) is 10.9. The SMILES string of the molecule is Cc1ncsc1-c1ccc(CNC(=O)[C@@H]2C[C@@H](OC(=O)CCC(=O)O)CN2C(=O)[C@@H](NC(=O)COCCOCCOCCNC(=O)C[C@@H]2N=C(c3ccc(Cl)cc3)c3c(sc(C)c3C)-n3c(C)nnc32)C(C)(C)C)cc1. The zero-order chi connectivity index (χ0) is 54.7. The van der Waals surface area contributed by atoms with Crippen molar-refractivity contribution < 1.29 is 52.8 Å². The summed E-state index contributed by atoms with van der Waals surface area (Å²) in [7, 11) is 0. The van der Waals surface area contributed by atoms with Crippen molar-refractivity contribution in [3.8, 4) is 15.4 Å². The van der Waals surface area contributed by atoms with E-state index < -0.39 is 65.7 Å². The van der Waals surface area contributed by atoms with Crippen molar-refractivity contribution in [3.05, 3.63) is 104 Å². The molecule has 2 aliphatic rings. The van der Waals surface area contributed by atoms with Crippen LogP contribution in [0.2, 0.25) is 5.02 Å². The third-order valence-electron chi connectivity index (χ3n) is 12.8. The van der Waals surface area contributed by atoms with Crippen LogP contribution in [0.5, 0.6) is 0 Å². The van der Waals surface area contributed by atoms with Gasteiger partial charge in [-0.15, -0.1) is 32.9 Å². The van der Waals surface area contributed by atoms with Crippen molar-refractivity contribution in [2.24, 2.45) is 10.4 Å². The number of aliphatic carboxylic acids is 1. The molecule has 0 spiro atoms. The predicted molar refractivity (Wildman–Crippen MR) is 286 cm³/mol. The Hall–Kier alpha value is -6.43. The molecule has 2 aliphatic heterocycles. The van der Waals surface area contributed by atoms with E-state index in [-0.39, 0.29) is 84.4 Å². The van der Waals surface area contributed by atoms with Gasteiger partial charge in [-0.25, -0.2) is 4.98 Å². The van der Waals surface area contributed by atoms with Crippen molar-refractivity contribution in [1.29, 1.82) is 0 Å². The van der Waals surface area contributed by atoms with Gasteiger partial charge in [0.05, 0.1) is 80.6 Å². The highest BCUT2D eigenvalue weighted by Crippen LogP contribution is 2.40. The molecule has 1 saturated heterocycles. The van der Waals surface area contributed by atoms with Gasteiger partial charge < -0.3 is 44.9 Å². The number of aryl methyl sites for hydroxylation is 3. The number of amides is 4. The summed E-state index contributed by atoms with van der Waals surface area (Å²) >= 11 is 9.41. The number of fused-ring (bicyclic) bond motifs is 3. The normalized spacial score (nSPS) is 16.5. The highest BCUT2D eigenvalue weighted by molar-refractivity contribution is 7.15. The molecular weight excluding hydrogens is 1040 g/mol. The summed E-state index contributed by atoms with van der Waals surface area (Å²) in [5, 5.41) is 28.1. The highest BCUT2D eigenvalue weighted by Gasteiger charge is 2.46. The number of rotatable bonds is 24. The van der Waals surface area contributed by atoms with E-state index >= 15 is 0 Å². The maximum absolute atomic E-state index is 14.4. The maximum atomic E-state index is 14.4. The van der Waals surface area contributed by atoms with Crippen molar-refractivity contribution in [1.82, 2.24) is 40.6 Å². The number of carboxylic acid groups (broad SMARTS) is 1. The third kappa shape index (κ3) is 14.7. The predicted octanol–water partition coefficient (Wildman–Crippen LogP) is 6.01. The molecule has 5 aromatic rings. The summed E-state index contributed by atoms with van der Waals surface area (Å²) < 4.78 is 24.4. The first-order chi connectivity index (χ1) is 36.3. The van der Waals surface area contributed by atoms with Gasteiger partial charge in [0.25, 0.3) is 0 Å². The first-order valence-electron chi connectivity index (χ1n) is 24.9. The number of aliphatic imine (C=N–C) groups is 1. The van der Waals surface area contributed by atoms with Crippen LogP contribution >= 0.6 is 34.3 Å². The van der Waals surface area contributed by atoms with Crippen LogP contribution in [-0.4, -0.2) is 142 Å². The number of nitrogens with zero attached hydrogens (tertiary/aromatic N) is 6. The van der Waals surface area contributed by atoms with Crippen LogP contribution in [0.3, 0.4) is 0 Å². The van der Waals surface area contributed by atoms with E-state index in [1.807, 2.05) is 66.9 Å². The number of aromatic nitrogens is 4. The number of ether oxygens (including phenoxy) is 4. The Morgan fingerprint density at radius 1 is 0.855 bits per heavy atom. The number of benzene rings is 2. The van der Waals surface area contributed by atoms with Gasteiger partial charge in [-0.1, -0.05) is 68.8 Å². The lowest BCUT2D eigenvalue weighted by Gasteiger charge is -2.35. The van der Waals surface area contributed by atoms with Gasteiger partial charge in [-0.05, 0) is 61.9 Å². The second-order valence-electron chi connectivity index (χ2n) is 19.5. The van der Waals surface area contributed by atoms with Crippen LogP contribution in [0.1, 0.15) is 97.0 Å². The number of carboxylic acids is 1. The minimum Gasteiger partial charge on any atom is -0.481 e. The Morgan fingerprint density at radius 2 is 1.54 bits per heavy atom. The number of hydrogen-bond acceptors (Lipinski definition) is 16. The molecule has 3 aromatic heterocycles. The first kappa shape index (κ1) is 57.3. The van der Waals surface area contributed by atoms with Crippen molar-refractivity contribution in [2.75, 3.05) is 52.7 Å². The molecule has 0 bridgehead atoms. The molecule has 0 unspecified atom stereocenters. The molecule has 406 valence electrons. The Labute approximate surface area is 453 Å². The molecule has 4 amide bonds. The van der Waals surface area contributed by atoms with E-state index in [4.69, 9.17) is 40.6 Å². The van der Waals surface area contributed by atoms with Crippen LogP contribution in [0, 0.1) is 33.1 Å². The fourth-order valence-electron chi connectivity index (χ4n) is 8.75. The monoisotopic (exact) mass is 1100 g/mol. The molecule has 2 aromatic carbocycles. The Balaban J connectivity index is 0.835. The third-order valence-corrected chi connectivity index (χ3v) is 15.2.